The van der Waals surface area contributed by atoms with E-state index in [0.29, 0.717) is 17.5 Å². The van der Waals surface area contributed by atoms with E-state index in [-0.39, 0.29) is 0 Å². The van der Waals surface area contributed by atoms with E-state index in [0.717, 1.165) is 28.1 Å². The zero-order valence-electron chi connectivity index (χ0n) is 15.1. The lowest BCUT2D eigenvalue weighted by molar-refractivity contribution is 0.786. The monoisotopic (exact) mass is 378 g/mol. The summed E-state index contributed by atoms with van der Waals surface area (Å²) >= 11 is 6.22. The van der Waals surface area contributed by atoms with Crippen LogP contribution in [0.25, 0.3) is 11.0 Å². The molecule has 4 rings (SSSR count). The summed E-state index contributed by atoms with van der Waals surface area (Å²) in [6.45, 7) is 2.63. The predicted molar refractivity (Wildman–Crippen MR) is 110 cm³/mol. The second kappa shape index (κ2) is 7.25. The first-order chi connectivity index (χ1) is 13.1. The normalized spacial score (nSPS) is 10.9. The fourth-order valence-corrected chi connectivity index (χ4v) is 2.97. The molecule has 0 aliphatic heterocycles. The highest BCUT2D eigenvalue weighted by atomic mass is 35.5. The third kappa shape index (κ3) is 3.71. The Morgan fingerprint density at radius 2 is 1.89 bits per heavy atom. The molecule has 0 unspecified atom stereocenters. The average molecular weight is 379 g/mol. The molecule has 7 heteroatoms. The van der Waals surface area contributed by atoms with Gasteiger partial charge in [-0.3, -0.25) is 4.68 Å². The molecular formula is C20H19ClN6. The van der Waals surface area contributed by atoms with Crippen molar-refractivity contribution in [3.8, 4) is 0 Å². The van der Waals surface area contributed by atoms with Gasteiger partial charge in [0.15, 0.2) is 5.65 Å². The number of fused-ring (bicyclic) bond motifs is 1. The Bertz CT molecular complexity index is 1090. The van der Waals surface area contributed by atoms with Crippen molar-refractivity contribution in [2.75, 3.05) is 10.6 Å². The molecule has 0 spiro atoms. The van der Waals surface area contributed by atoms with Crippen molar-refractivity contribution >= 4 is 40.1 Å². The molecule has 0 radical (unpaired) electrons. The number of rotatable bonds is 5. The summed E-state index contributed by atoms with van der Waals surface area (Å²) in [7, 11) is 1.86. The van der Waals surface area contributed by atoms with E-state index in [1.54, 1.807) is 10.9 Å². The summed E-state index contributed by atoms with van der Waals surface area (Å²) in [5.74, 6) is 1.22. The molecule has 2 N–H and O–H groups in total. The molecule has 4 aromatic rings. The summed E-state index contributed by atoms with van der Waals surface area (Å²) in [5, 5.41) is 12.5. The van der Waals surface area contributed by atoms with Crippen LogP contribution in [-0.4, -0.2) is 19.7 Å². The lowest BCUT2D eigenvalue weighted by Gasteiger charge is -2.11. The van der Waals surface area contributed by atoms with Crippen LogP contribution in [0.4, 0.5) is 17.5 Å². The van der Waals surface area contributed by atoms with E-state index in [9.17, 15) is 0 Å². The van der Waals surface area contributed by atoms with Gasteiger partial charge >= 0.3 is 0 Å². The summed E-state index contributed by atoms with van der Waals surface area (Å²) in [6.07, 6.45) is 1.77. The van der Waals surface area contributed by atoms with Crippen LogP contribution in [0.1, 0.15) is 11.1 Å². The van der Waals surface area contributed by atoms with Crippen LogP contribution >= 0.6 is 11.6 Å². The molecule has 136 valence electrons. The van der Waals surface area contributed by atoms with Crippen LogP contribution < -0.4 is 10.6 Å². The van der Waals surface area contributed by atoms with Gasteiger partial charge in [0.25, 0.3) is 0 Å². The first kappa shape index (κ1) is 17.3. The molecule has 0 aliphatic carbocycles. The average Bonchev–Trinajstić information content (AvgIpc) is 3.05. The molecule has 2 heterocycles. The van der Waals surface area contributed by atoms with E-state index < -0.39 is 0 Å². The summed E-state index contributed by atoms with van der Waals surface area (Å²) in [5.41, 5.74) is 3.78. The van der Waals surface area contributed by atoms with E-state index in [4.69, 9.17) is 11.6 Å². The molecular weight excluding hydrogens is 360 g/mol. The first-order valence-electron chi connectivity index (χ1n) is 8.61. The number of anilines is 3. The third-order valence-electron chi connectivity index (χ3n) is 4.32. The van der Waals surface area contributed by atoms with Crippen molar-refractivity contribution in [1.82, 2.24) is 19.7 Å². The molecule has 6 nitrogen and oxygen atoms in total. The maximum absolute atomic E-state index is 6.22. The fourth-order valence-electron chi connectivity index (χ4n) is 2.79. The number of hydrogen-bond acceptors (Lipinski definition) is 5. The van der Waals surface area contributed by atoms with Gasteiger partial charge in [0, 0.05) is 24.3 Å². The number of aromatic nitrogens is 4. The zero-order chi connectivity index (χ0) is 18.8. The number of nitrogens with zero attached hydrogens (tertiary/aromatic N) is 4. The van der Waals surface area contributed by atoms with Gasteiger partial charge in [-0.2, -0.15) is 15.1 Å². The van der Waals surface area contributed by atoms with Gasteiger partial charge < -0.3 is 10.6 Å². The van der Waals surface area contributed by atoms with E-state index in [1.165, 1.54) is 5.56 Å². The topological polar surface area (TPSA) is 67.7 Å². The highest BCUT2D eigenvalue weighted by molar-refractivity contribution is 6.31. The molecule has 2 aromatic carbocycles. The van der Waals surface area contributed by atoms with Crippen LogP contribution in [0.5, 0.6) is 0 Å². The number of benzene rings is 2. The summed E-state index contributed by atoms with van der Waals surface area (Å²) in [6, 6.07) is 16.0. The predicted octanol–water partition coefficient (Wildman–Crippen LogP) is 4.68. The van der Waals surface area contributed by atoms with E-state index >= 15 is 0 Å². The van der Waals surface area contributed by atoms with Crippen LogP contribution in [0.15, 0.2) is 54.7 Å². The van der Waals surface area contributed by atoms with Crippen LogP contribution in [0.3, 0.4) is 0 Å². The van der Waals surface area contributed by atoms with Crippen LogP contribution in [-0.2, 0) is 13.6 Å². The minimum atomic E-state index is 0.488. The Morgan fingerprint density at radius 1 is 1.07 bits per heavy atom. The molecule has 0 atom stereocenters. The second-order valence-corrected chi connectivity index (χ2v) is 6.74. The first-order valence-corrected chi connectivity index (χ1v) is 8.98. The van der Waals surface area contributed by atoms with E-state index in [2.05, 4.69) is 37.8 Å². The molecule has 27 heavy (non-hydrogen) atoms. The number of halogens is 1. The maximum Gasteiger partial charge on any atom is 0.231 e. The van der Waals surface area contributed by atoms with Gasteiger partial charge in [0.1, 0.15) is 5.82 Å². The van der Waals surface area contributed by atoms with Gasteiger partial charge in [-0.05, 0) is 30.2 Å². The van der Waals surface area contributed by atoms with Crippen molar-refractivity contribution < 1.29 is 0 Å². The molecule has 0 bridgehead atoms. The molecule has 2 aromatic heterocycles. The molecule has 0 saturated carbocycles. The number of hydrogen-bond donors (Lipinski definition) is 2. The lowest BCUT2D eigenvalue weighted by Crippen LogP contribution is -2.06. The molecule has 0 amide bonds. The number of aryl methyl sites for hydroxylation is 2. The zero-order valence-corrected chi connectivity index (χ0v) is 15.8. The van der Waals surface area contributed by atoms with Crippen LogP contribution in [0, 0.1) is 6.92 Å². The molecule has 0 saturated heterocycles. The Balaban J connectivity index is 1.66. The minimum absolute atomic E-state index is 0.488. The summed E-state index contributed by atoms with van der Waals surface area (Å²) < 4.78 is 1.73. The fraction of sp³-hybridized carbons (Fsp3) is 0.150. The van der Waals surface area contributed by atoms with Gasteiger partial charge in [-0.25, -0.2) is 0 Å². The standard InChI is InChI=1S/C20H19ClN6/c1-13-8-9-15(10-17(13)21)24-20-25-18(16-12-23-27(2)19(16)26-20)22-11-14-6-4-3-5-7-14/h3-10,12H,11H2,1-2H3,(H2,22,24,25,26). The molecule has 0 fully saturated rings. The van der Waals surface area contributed by atoms with Crippen molar-refractivity contribution in [3.05, 3.63) is 70.9 Å². The Labute approximate surface area is 162 Å². The van der Waals surface area contributed by atoms with Gasteiger partial charge in [-0.15, -0.1) is 0 Å². The summed E-state index contributed by atoms with van der Waals surface area (Å²) in [4.78, 5) is 9.24. The Kier molecular flexibility index (Phi) is 4.64. The largest absolute Gasteiger partial charge is 0.365 e. The van der Waals surface area contributed by atoms with Crippen molar-refractivity contribution in [1.29, 1.82) is 0 Å². The van der Waals surface area contributed by atoms with Gasteiger partial charge in [0.2, 0.25) is 5.95 Å². The third-order valence-corrected chi connectivity index (χ3v) is 4.73. The minimum Gasteiger partial charge on any atom is -0.365 e. The van der Waals surface area contributed by atoms with Crippen molar-refractivity contribution in [2.24, 2.45) is 7.05 Å². The van der Waals surface area contributed by atoms with Gasteiger partial charge in [0.05, 0.1) is 11.6 Å². The quantitative estimate of drug-likeness (QED) is 0.527. The SMILES string of the molecule is Cc1ccc(Nc2nc(NCc3ccccc3)c3cnn(C)c3n2)cc1Cl. The smallest absolute Gasteiger partial charge is 0.231 e. The van der Waals surface area contributed by atoms with Crippen molar-refractivity contribution in [3.63, 3.8) is 0 Å². The lowest BCUT2D eigenvalue weighted by atomic mass is 10.2. The Morgan fingerprint density at radius 3 is 2.67 bits per heavy atom. The van der Waals surface area contributed by atoms with Crippen LogP contribution in [0.2, 0.25) is 5.02 Å². The Hall–Kier alpha value is -3.12. The molecule has 0 aliphatic rings. The van der Waals surface area contributed by atoms with Crippen molar-refractivity contribution in [2.45, 2.75) is 13.5 Å². The highest BCUT2D eigenvalue weighted by Crippen LogP contribution is 2.25. The maximum atomic E-state index is 6.22. The highest BCUT2D eigenvalue weighted by Gasteiger charge is 2.12. The van der Waals surface area contributed by atoms with Gasteiger partial charge in [-0.1, -0.05) is 48.0 Å². The number of nitrogens with one attached hydrogen (secondary N) is 2. The second-order valence-electron chi connectivity index (χ2n) is 6.33. The van der Waals surface area contributed by atoms with E-state index in [1.807, 2.05) is 50.4 Å².